The average Bonchev–Trinajstić information content (AvgIpc) is 2.66. The van der Waals surface area contributed by atoms with Crippen LogP contribution in [0.25, 0.3) is 0 Å². The van der Waals surface area contributed by atoms with Gasteiger partial charge in [0, 0.05) is 0 Å². The van der Waals surface area contributed by atoms with E-state index in [1.54, 1.807) is 0 Å². The molecule has 1 N–H and O–H groups in total. The number of halogens is 2. The van der Waals surface area contributed by atoms with Gasteiger partial charge in [0.2, 0.25) is 0 Å². The van der Waals surface area contributed by atoms with Crippen LogP contribution in [0.3, 0.4) is 0 Å². The Morgan fingerprint density at radius 3 is 2.81 bits per heavy atom. The summed E-state index contributed by atoms with van der Waals surface area (Å²) in [5, 5.41) is 9.92. The van der Waals surface area contributed by atoms with Crippen LogP contribution in [0, 0.1) is 0 Å². The van der Waals surface area contributed by atoms with E-state index in [9.17, 15) is 9.63 Å². The minimum absolute atomic E-state index is 0.0418. The van der Waals surface area contributed by atoms with Gasteiger partial charge in [-0.05, 0) is 53.8 Å². The van der Waals surface area contributed by atoms with Crippen LogP contribution in [-0.2, 0) is 14.4 Å². The molecule has 0 aliphatic carbocycles. The number of fused-ring (bicyclic) bond motifs is 2. The van der Waals surface area contributed by atoms with Crippen molar-refractivity contribution in [1.29, 1.82) is 0 Å². The second-order valence-electron chi connectivity index (χ2n) is 4.77. The van der Waals surface area contributed by atoms with Gasteiger partial charge in [-0.15, -0.1) is 0 Å². The van der Waals surface area contributed by atoms with Gasteiger partial charge in [0.1, 0.15) is 15.3 Å². The first-order valence-corrected chi connectivity index (χ1v) is 6.47. The number of alkyl halides is 1. The van der Waals surface area contributed by atoms with Crippen LogP contribution in [0.4, 0.5) is 4.53 Å². The summed E-state index contributed by atoms with van der Waals surface area (Å²) >= 11 is 2.03. The lowest BCUT2D eigenvalue weighted by atomic mass is 9.84. The van der Waals surface area contributed by atoms with Gasteiger partial charge in [0.05, 0.1) is 12.7 Å². The number of rotatable bonds is 4. The van der Waals surface area contributed by atoms with Crippen molar-refractivity contribution in [2.75, 3.05) is 6.61 Å². The first kappa shape index (κ1) is 12.9. The largest absolute Gasteiger partial charge is 0.386 e. The van der Waals surface area contributed by atoms with Gasteiger partial charge in [-0.1, -0.05) is 0 Å². The highest BCUT2D eigenvalue weighted by Crippen LogP contribution is 2.55. The molecule has 6 heteroatoms. The Kier molecular flexibility index (Phi) is 3.49. The fraction of sp³-hybridized carbons (Fsp3) is 1.00. The molecule has 2 rings (SSSR count). The molecule has 2 fully saturated rings. The van der Waals surface area contributed by atoms with Gasteiger partial charge in [-0.2, -0.15) is 4.94 Å². The fourth-order valence-corrected chi connectivity index (χ4v) is 3.40. The summed E-state index contributed by atoms with van der Waals surface area (Å²) in [7, 11) is 0. The first-order valence-electron chi connectivity index (χ1n) is 5.40. The quantitative estimate of drug-likeness (QED) is 0.622. The molecule has 2 heterocycles. The molecule has 0 spiro atoms. The number of ether oxygens (including phenoxy) is 2. The van der Waals surface area contributed by atoms with Crippen molar-refractivity contribution in [2.24, 2.45) is 0 Å². The van der Waals surface area contributed by atoms with Crippen molar-refractivity contribution in [1.82, 2.24) is 0 Å². The van der Waals surface area contributed by atoms with Gasteiger partial charge in [0.25, 0.3) is 0 Å². The smallest absolute Gasteiger partial charge is 0.159 e. The van der Waals surface area contributed by atoms with Crippen molar-refractivity contribution < 1.29 is 24.0 Å². The summed E-state index contributed by atoms with van der Waals surface area (Å²) in [5.41, 5.74) is -0.834. The second-order valence-corrected chi connectivity index (χ2v) is 6.59. The predicted octanol–water partition coefficient (Wildman–Crippen LogP) is 1.74. The number of aliphatic hydroxyl groups excluding tert-OH is 1. The third kappa shape index (κ3) is 1.88. The Balaban J connectivity index is 2.13. The second kappa shape index (κ2) is 4.31. The van der Waals surface area contributed by atoms with E-state index in [0.29, 0.717) is 12.8 Å². The Labute approximate surface area is 107 Å². The van der Waals surface area contributed by atoms with Gasteiger partial charge in [-0.3, -0.25) is 0 Å². The maximum Gasteiger partial charge on any atom is 0.159 e. The van der Waals surface area contributed by atoms with Crippen LogP contribution < -0.4 is 0 Å². The van der Waals surface area contributed by atoms with Crippen molar-refractivity contribution in [3.05, 3.63) is 0 Å². The molecule has 3 unspecified atom stereocenters. The summed E-state index contributed by atoms with van der Waals surface area (Å²) < 4.78 is 23.1. The van der Waals surface area contributed by atoms with Crippen LogP contribution in [0.1, 0.15) is 26.7 Å². The van der Waals surface area contributed by atoms with E-state index in [4.69, 9.17) is 9.47 Å². The molecule has 0 radical (unpaired) electrons. The number of hydrogen-bond acceptors (Lipinski definition) is 4. The minimum Gasteiger partial charge on any atom is -0.386 e. The Bertz CT molecular complexity index is 278. The molecule has 2 aliphatic heterocycles. The molecule has 2 saturated heterocycles. The van der Waals surface area contributed by atoms with Gasteiger partial charge < -0.3 is 14.6 Å². The molecule has 94 valence electrons. The zero-order chi connectivity index (χ0) is 12.0. The maximum atomic E-state index is 12.5. The highest BCUT2D eigenvalue weighted by atomic mass is 127. The normalized spacial score (nSPS) is 46.9. The van der Waals surface area contributed by atoms with Crippen LogP contribution in [0.5, 0.6) is 0 Å². The zero-order valence-corrected chi connectivity index (χ0v) is 11.4. The van der Waals surface area contributed by atoms with Gasteiger partial charge in [0.15, 0.2) is 6.10 Å². The molecule has 0 aromatic rings. The summed E-state index contributed by atoms with van der Waals surface area (Å²) in [6, 6.07) is 0. The molecule has 2 bridgehead atoms. The lowest BCUT2D eigenvalue weighted by Gasteiger charge is -2.31. The standard InChI is InChI=1S/C10H16FIO4/c1-6(2)14-5-9-3-4-10(12,16-9)7(13)8(9)15-11/h6-8,13H,3-5H2,1-2H3/t7?,8?,9-,10?/m0/s1. The highest BCUT2D eigenvalue weighted by molar-refractivity contribution is 14.1. The average molecular weight is 346 g/mol. The first-order chi connectivity index (χ1) is 7.43. The minimum atomic E-state index is -0.947. The topological polar surface area (TPSA) is 47.9 Å². The molecule has 0 aromatic carbocycles. The Hall–Kier alpha value is 0.500. The predicted molar refractivity (Wildman–Crippen MR) is 62.9 cm³/mol. The molecule has 2 aliphatic rings. The van der Waals surface area contributed by atoms with Crippen LogP contribution in [0.15, 0.2) is 0 Å². The summed E-state index contributed by atoms with van der Waals surface area (Å²) in [6.07, 6.45) is -0.510. The van der Waals surface area contributed by atoms with Crippen molar-refractivity contribution in [2.45, 2.75) is 54.2 Å². The van der Waals surface area contributed by atoms with E-state index in [0.717, 1.165) is 0 Å². The fourth-order valence-electron chi connectivity index (χ4n) is 2.37. The summed E-state index contributed by atoms with van der Waals surface area (Å²) in [5.74, 6) is 0. The van der Waals surface area contributed by atoms with Crippen molar-refractivity contribution in [3.8, 4) is 0 Å². The molecule has 4 atom stereocenters. The van der Waals surface area contributed by atoms with E-state index in [2.05, 4.69) is 4.94 Å². The third-order valence-corrected chi connectivity index (χ3v) is 4.66. The SMILES string of the molecule is CC(C)OC[C@]12CCC(I)(O1)C(O)C2OF. The molecular weight excluding hydrogens is 330 g/mol. The van der Waals surface area contributed by atoms with Crippen molar-refractivity contribution >= 4 is 22.6 Å². The van der Waals surface area contributed by atoms with Crippen LogP contribution >= 0.6 is 22.6 Å². The molecular formula is C10H16FIO4. The van der Waals surface area contributed by atoms with Crippen LogP contribution in [0.2, 0.25) is 0 Å². The van der Waals surface area contributed by atoms with E-state index in [-0.39, 0.29) is 12.7 Å². The van der Waals surface area contributed by atoms with Crippen LogP contribution in [-0.4, -0.2) is 39.2 Å². The monoisotopic (exact) mass is 346 g/mol. The highest BCUT2D eigenvalue weighted by Gasteiger charge is 2.68. The van der Waals surface area contributed by atoms with E-state index in [1.807, 2.05) is 36.4 Å². The van der Waals surface area contributed by atoms with E-state index >= 15 is 0 Å². The van der Waals surface area contributed by atoms with Gasteiger partial charge >= 0.3 is 0 Å². The van der Waals surface area contributed by atoms with E-state index in [1.165, 1.54) is 0 Å². The zero-order valence-electron chi connectivity index (χ0n) is 9.28. The van der Waals surface area contributed by atoms with Gasteiger partial charge in [-0.25, -0.2) is 0 Å². The summed E-state index contributed by atoms with van der Waals surface area (Å²) in [6.45, 7) is 4.06. The molecule has 0 saturated carbocycles. The lowest BCUT2D eigenvalue weighted by Crippen LogP contribution is -2.50. The van der Waals surface area contributed by atoms with E-state index < -0.39 is 21.4 Å². The van der Waals surface area contributed by atoms with Crippen molar-refractivity contribution in [3.63, 3.8) is 0 Å². The number of aliphatic hydroxyl groups is 1. The molecule has 4 nitrogen and oxygen atoms in total. The third-order valence-electron chi connectivity index (χ3n) is 3.27. The molecule has 16 heavy (non-hydrogen) atoms. The lowest BCUT2D eigenvalue weighted by molar-refractivity contribution is -0.243. The maximum absolute atomic E-state index is 12.5. The molecule has 0 amide bonds. The number of hydrogen-bond donors (Lipinski definition) is 1. The molecule has 0 aromatic heterocycles. The Morgan fingerprint density at radius 2 is 2.25 bits per heavy atom. The Morgan fingerprint density at radius 1 is 1.56 bits per heavy atom. The summed E-state index contributed by atoms with van der Waals surface area (Å²) in [4.78, 5) is 3.90.